The number of benzene rings is 2. The van der Waals surface area contributed by atoms with Crippen molar-refractivity contribution in [3.8, 4) is 11.3 Å². The number of nitrogens with one attached hydrogen (secondary N) is 2. The molecule has 1 unspecified atom stereocenters. The molecule has 14 heteroatoms. The number of aromatic nitrogens is 4. The van der Waals surface area contributed by atoms with Gasteiger partial charge in [-0.25, -0.2) is 4.98 Å². The molecule has 4 aromatic rings. The van der Waals surface area contributed by atoms with E-state index in [1.54, 1.807) is 35.3 Å². The number of imide groups is 2. The zero-order valence-electron chi connectivity index (χ0n) is 23.9. The quantitative estimate of drug-likeness (QED) is 0.194. The van der Waals surface area contributed by atoms with Gasteiger partial charge in [0.1, 0.15) is 6.04 Å². The predicted molar refractivity (Wildman–Crippen MR) is 156 cm³/mol. The van der Waals surface area contributed by atoms with Gasteiger partial charge in [0.05, 0.1) is 45.8 Å². The van der Waals surface area contributed by atoms with Gasteiger partial charge in [-0.2, -0.15) is 18.3 Å². The fraction of sp³-hybridized carbons (Fsp3) is 0.323. The molecule has 1 atom stereocenters. The molecular weight excluding hydrogens is 591 g/mol. The third-order valence-corrected chi connectivity index (χ3v) is 7.88. The molecule has 0 spiro atoms. The second kappa shape index (κ2) is 12.1. The molecule has 0 saturated carbocycles. The molecule has 2 N–H and O–H groups in total. The summed E-state index contributed by atoms with van der Waals surface area (Å²) in [6.45, 7) is 1.32. The highest BCUT2D eigenvalue weighted by Gasteiger charge is 2.44. The van der Waals surface area contributed by atoms with Crippen LogP contribution in [-0.2, 0) is 22.3 Å². The molecule has 232 valence electrons. The number of carbonyl (C=O) groups excluding carboxylic acids is 4. The van der Waals surface area contributed by atoms with E-state index < -0.39 is 41.4 Å². The first-order valence-electron chi connectivity index (χ1n) is 14.5. The predicted octanol–water partition coefficient (Wildman–Crippen LogP) is 4.59. The number of hydrogen-bond acceptors (Lipinski definition) is 8. The van der Waals surface area contributed by atoms with Gasteiger partial charge in [-0.1, -0.05) is 12.8 Å². The summed E-state index contributed by atoms with van der Waals surface area (Å²) < 4.78 is 41.0. The molecular formula is C31H28F3N7O4. The molecule has 6 rings (SSSR count). The van der Waals surface area contributed by atoms with Crippen LogP contribution in [0, 0.1) is 0 Å². The highest BCUT2D eigenvalue weighted by molar-refractivity contribution is 6.23. The zero-order valence-corrected chi connectivity index (χ0v) is 23.9. The van der Waals surface area contributed by atoms with E-state index in [9.17, 15) is 32.3 Å². The van der Waals surface area contributed by atoms with Crippen LogP contribution in [0.5, 0.6) is 0 Å². The lowest BCUT2D eigenvalue weighted by atomic mass is 10.0. The average Bonchev–Trinajstić information content (AvgIpc) is 3.58. The zero-order chi connectivity index (χ0) is 31.7. The lowest BCUT2D eigenvalue weighted by molar-refractivity contribution is -0.138. The van der Waals surface area contributed by atoms with E-state index in [0.717, 1.165) is 42.7 Å². The molecule has 45 heavy (non-hydrogen) atoms. The van der Waals surface area contributed by atoms with Crippen LogP contribution >= 0.6 is 0 Å². The maximum atomic E-state index is 13.1. The van der Waals surface area contributed by atoms with E-state index in [1.807, 2.05) is 0 Å². The summed E-state index contributed by atoms with van der Waals surface area (Å²) in [4.78, 5) is 59.1. The number of halogens is 3. The first kappa shape index (κ1) is 29.9. The van der Waals surface area contributed by atoms with Crippen LogP contribution < -0.4 is 10.6 Å². The molecule has 1 fully saturated rings. The average molecular weight is 620 g/mol. The highest BCUT2D eigenvalue weighted by atomic mass is 19.4. The Morgan fingerprint density at radius 2 is 1.71 bits per heavy atom. The molecule has 4 amide bonds. The smallest absolute Gasteiger partial charge is 0.385 e. The van der Waals surface area contributed by atoms with Crippen molar-refractivity contribution in [3.05, 3.63) is 71.7 Å². The lowest BCUT2D eigenvalue weighted by Gasteiger charge is -2.27. The maximum absolute atomic E-state index is 13.1. The summed E-state index contributed by atoms with van der Waals surface area (Å²) >= 11 is 0. The fourth-order valence-corrected chi connectivity index (χ4v) is 5.51. The van der Waals surface area contributed by atoms with E-state index in [0.29, 0.717) is 35.6 Å². The highest BCUT2D eigenvalue weighted by Crippen LogP contribution is 2.32. The number of alkyl halides is 3. The molecule has 11 nitrogen and oxygen atoms in total. The van der Waals surface area contributed by atoms with Gasteiger partial charge >= 0.3 is 6.18 Å². The molecule has 2 aliphatic heterocycles. The Morgan fingerprint density at radius 1 is 0.911 bits per heavy atom. The van der Waals surface area contributed by atoms with Crippen LogP contribution in [0.4, 0.5) is 18.9 Å². The van der Waals surface area contributed by atoms with E-state index in [2.05, 4.69) is 25.7 Å². The molecule has 0 radical (unpaired) electrons. The van der Waals surface area contributed by atoms with Gasteiger partial charge in [-0.3, -0.25) is 39.1 Å². The van der Waals surface area contributed by atoms with Gasteiger partial charge in [0, 0.05) is 37.0 Å². The number of anilines is 1. The van der Waals surface area contributed by atoms with Crippen LogP contribution in [0.2, 0.25) is 0 Å². The minimum Gasteiger partial charge on any atom is -0.385 e. The van der Waals surface area contributed by atoms with Gasteiger partial charge < -0.3 is 5.32 Å². The Labute approximate surface area is 254 Å². The normalized spacial score (nSPS) is 16.8. The first-order valence-corrected chi connectivity index (χ1v) is 14.5. The Morgan fingerprint density at radius 3 is 2.51 bits per heavy atom. The van der Waals surface area contributed by atoms with Crippen molar-refractivity contribution in [2.75, 3.05) is 11.9 Å². The van der Waals surface area contributed by atoms with Gasteiger partial charge in [0.15, 0.2) is 0 Å². The number of hydrogen-bond donors (Lipinski definition) is 2. The number of aryl methyl sites for hydroxylation is 1. The second-order valence-electron chi connectivity index (χ2n) is 11.0. The van der Waals surface area contributed by atoms with Gasteiger partial charge in [0.25, 0.3) is 11.8 Å². The fourth-order valence-electron chi connectivity index (χ4n) is 5.51. The van der Waals surface area contributed by atoms with E-state index >= 15 is 0 Å². The molecule has 0 aliphatic carbocycles. The topological polar surface area (TPSA) is 139 Å². The van der Waals surface area contributed by atoms with Crippen molar-refractivity contribution in [1.82, 2.24) is 30.0 Å². The molecule has 2 aromatic carbocycles. The van der Waals surface area contributed by atoms with E-state index in [1.165, 1.54) is 12.3 Å². The minimum absolute atomic E-state index is 0.0672. The van der Waals surface area contributed by atoms with Crippen molar-refractivity contribution in [3.63, 3.8) is 0 Å². The first-order chi connectivity index (χ1) is 21.6. The van der Waals surface area contributed by atoms with Crippen LogP contribution in [0.25, 0.3) is 22.3 Å². The van der Waals surface area contributed by atoms with Gasteiger partial charge in [-0.05, 0) is 55.7 Å². The molecule has 4 heterocycles. The van der Waals surface area contributed by atoms with Crippen LogP contribution in [0.3, 0.4) is 0 Å². The van der Waals surface area contributed by atoms with Crippen LogP contribution in [-0.4, -0.2) is 60.9 Å². The van der Waals surface area contributed by atoms with Crippen molar-refractivity contribution in [1.29, 1.82) is 0 Å². The monoisotopic (exact) mass is 619 g/mol. The van der Waals surface area contributed by atoms with Gasteiger partial charge in [0.2, 0.25) is 11.8 Å². The summed E-state index contributed by atoms with van der Waals surface area (Å²) in [6, 6.07) is 7.21. The Bertz CT molecular complexity index is 1820. The number of rotatable bonds is 10. The standard InChI is InChI=1S/C31H28F3N7O4/c32-31(33,34)19-5-8-23-24(13-19)38-25(16-36-23)18-15-37-40(17-18)12-4-2-1-3-11-35-20-6-7-21-22(14-20)30(45)41(29(21)44)26-9-10-27(42)39-28(26)43/h5-8,13-17,26,35H,1-4,9-12H2,(H,39,42,43). The SMILES string of the molecule is O=C1CCC(N2C(=O)c3ccc(NCCCCCCn4cc(-c5cnc6ccc(C(F)(F)F)cc6n5)cn4)cc3C2=O)C(=O)N1. The summed E-state index contributed by atoms with van der Waals surface area (Å²) in [6.07, 6.45) is 4.25. The second-order valence-corrected chi connectivity index (χ2v) is 11.0. The number of amides is 4. The van der Waals surface area contributed by atoms with Crippen LogP contribution in [0.15, 0.2) is 55.0 Å². The Balaban J connectivity index is 0.953. The van der Waals surface area contributed by atoms with Crippen molar-refractivity contribution in [2.45, 2.75) is 57.3 Å². The minimum atomic E-state index is -4.46. The Kier molecular flexibility index (Phi) is 8.04. The third-order valence-electron chi connectivity index (χ3n) is 7.88. The largest absolute Gasteiger partial charge is 0.416 e. The van der Waals surface area contributed by atoms with E-state index in [-0.39, 0.29) is 29.5 Å². The molecule has 1 saturated heterocycles. The number of carbonyl (C=O) groups is 4. The summed E-state index contributed by atoms with van der Waals surface area (Å²) in [5.41, 5.74) is 2.04. The summed E-state index contributed by atoms with van der Waals surface area (Å²) in [5, 5.41) is 9.81. The van der Waals surface area contributed by atoms with Crippen molar-refractivity contribution >= 4 is 40.3 Å². The lowest BCUT2D eigenvalue weighted by Crippen LogP contribution is -2.54. The van der Waals surface area contributed by atoms with E-state index in [4.69, 9.17) is 0 Å². The number of unbranched alkanes of at least 4 members (excludes halogenated alkanes) is 3. The molecule has 2 aromatic heterocycles. The summed E-state index contributed by atoms with van der Waals surface area (Å²) in [5.74, 6) is -2.14. The number of nitrogens with zero attached hydrogens (tertiary/aromatic N) is 5. The number of fused-ring (bicyclic) bond motifs is 2. The number of piperidine rings is 1. The van der Waals surface area contributed by atoms with Crippen molar-refractivity contribution < 1.29 is 32.3 Å². The van der Waals surface area contributed by atoms with Gasteiger partial charge in [-0.15, -0.1) is 0 Å². The maximum Gasteiger partial charge on any atom is 0.416 e. The Hall–Kier alpha value is -5.14. The molecule has 0 bridgehead atoms. The summed E-state index contributed by atoms with van der Waals surface area (Å²) in [7, 11) is 0. The van der Waals surface area contributed by atoms with Crippen LogP contribution in [0.1, 0.15) is 64.8 Å². The third kappa shape index (κ3) is 6.26. The van der Waals surface area contributed by atoms with Crippen molar-refractivity contribution in [2.24, 2.45) is 0 Å². The molecule has 2 aliphatic rings.